The molecule has 3 aromatic heterocycles. The van der Waals surface area contributed by atoms with E-state index in [9.17, 15) is 4.79 Å². The van der Waals surface area contributed by atoms with E-state index < -0.39 is 0 Å². The van der Waals surface area contributed by atoms with Gasteiger partial charge in [-0.25, -0.2) is 9.78 Å². The van der Waals surface area contributed by atoms with Gasteiger partial charge in [0, 0.05) is 10.8 Å². The van der Waals surface area contributed by atoms with Crippen molar-refractivity contribution in [3.05, 3.63) is 26.9 Å². The van der Waals surface area contributed by atoms with Crippen LogP contribution in [-0.2, 0) is 4.74 Å². The van der Waals surface area contributed by atoms with Crippen molar-refractivity contribution in [3.63, 3.8) is 0 Å². The average molecular weight is 328 g/mol. The molecule has 0 atom stereocenters. The zero-order valence-electron chi connectivity index (χ0n) is 8.69. The van der Waals surface area contributed by atoms with Crippen molar-refractivity contribution in [1.29, 1.82) is 0 Å². The van der Waals surface area contributed by atoms with E-state index in [1.165, 1.54) is 18.4 Å². The number of esters is 1. The number of aromatic nitrogens is 1. The monoisotopic (exact) mass is 327 g/mol. The topological polar surface area (TPSA) is 39.2 Å². The number of hydrogen-bond donors (Lipinski definition) is 0. The highest BCUT2D eigenvalue weighted by molar-refractivity contribution is 9.11. The van der Waals surface area contributed by atoms with Crippen LogP contribution in [0, 0.1) is 0 Å². The molecule has 3 rings (SSSR count). The Balaban J connectivity index is 2.26. The van der Waals surface area contributed by atoms with Gasteiger partial charge in [0.25, 0.3) is 0 Å². The third-order valence-corrected chi connectivity index (χ3v) is 4.92. The Kier molecular flexibility index (Phi) is 2.65. The lowest BCUT2D eigenvalue weighted by Gasteiger charge is -1.90. The van der Waals surface area contributed by atoms with Crippen molar-refractivity contribution in [2.75, 3.05) is 7.11 Å². The van der Waals surface area contributed by atoms with Crippen LogP contribution in [-0.4, -0.2) is 18.1 Å². The summed E-state index contributed by atoms with van der Waals surface area (Å²) in [6.45, 7) is 0. The summed E-state index contributed by atoms with van der Waals surface area (Å²) in [6, 6.07) is 5.90. The number of carbonyl (C=O) groups is 1. The number of fused-ring (bicyclic) bond motifs is 2. The number of pyridine rings is 1. The number of rotatable bonds is 1. The van der Waals surface area contributed by atoms with Crippen LogP contribution in [0.3, 0.4) is 0 Å². The Morgan fingerprint density at radius 1 is 1.24 bits per heavy atom. The maximum Gasteiger partial charge on any atom is 0.348 e. The third-order valence-electron chi connectivity index (χ3n) is 2.35. The van der Waals surface area contributed by atoms with Crippen molar-refractivity contribution in [2.24, 2.45) is 0 Å². The van der Waals surface area contributed by atoms with E-state index in [1.807, 2.05) is 18.2 Å². The summed E-state index contributed by atoms with van der Waals surface area (Å²) >= 11 is 6.39. The van der Waals surface area contributed by atoms with Crippen molar-refractivity contribution < 1.29 is 9.53 Å². The van der Waals surface area contributed by atoms with Crippen LogP contribution < -0.4 is 0 Å². The summed E-state index contributed by atoms with van der Waals surface area (Å²) in [5, 5.41) is 2.07. The minimum Gasteiger partial charge on any atom is -0.465 e. The van der Waals surface area contributed by atoms with E-state index in [2.05, 4.69) is 20.9 Å². The predicted molar refractivity (Wildman–Crippen MR) is 74.0 cm³/mol. The largest absolute Gasteiger partial charge is 0.465 e. The van der Waals surface area contributed by atoms with Crippen LogP contribution >= 0.6 is 38.6 Å². The molecule has 0 aliphatic rings. The highest BCUT2D eigenvalue weighted by Crippen LogP contribution is 2.33. The summed E-state index contributed by atoms with van der Waals surface area (Å²) in [6.07, 6.45) is 0. The van der Waals surface area contributed by atoms with Crippen molar-refractivity contribution in [1.82, 2.24) is 4.98 Å². The molecule has 0 saturated carbocycles. The Bertz CT molecular complexity index is 681. The Morgan fingerprint density at radius 3 is 2.71 bits per heavy atom. The highest BCUT2D eigenvalue weighted by atomic mass is 79.9. The predicted octanol–water partition coefficient (Wildman–Crippen LogP) is 4.06. The standard InChI is InChI=1S/C11H6BrNO2S2/c1-15-11(14)7-3-5-2-6-4-8(12)17-10(6)13-9(5)16-7/h2-4H,1H3. The Labute approximate surface area is 113 Å². The second kappa shape index (κ2) is 4.04. The number of carbonyl (C=O) groups excluding carboxylic acids is 1. The number of halogens is 1. The first-order valence-corrected chi connectivity index (χ1v) is 7.18. The molecule has 0 aliphatic carbocycles. The SMILES string of the molecule is COC(=O)c1cc2cc3cc(Br)sc3nc2s1. The van der Waals surface area contributed by atoms with Gasteiger partial charge >= 0.3 is 5.97 Å². The molecule has 17 heavy (non-hydrogen) atoms. The van der Waals surface area contributed by atoms with Gasteiger partial charge in [-0.05, 0) is 34.1 Å². The fourth-order valence-corrected chi connectivity index (χ4v) is 4.04. The van der Waals surface area contributed by atoms with Gasteiger partial charge in [-0.1, -0.05) is 0 Å². The van der Waals surface area contributed by atoms with Crippen LogP contribution in [0.15, 0.2) is 22.0 Å². The third kappa shape index (κ3) is 1.86. The molecule has 0 amide bonds. The second-order valence-electron chi connectivity index (χ2n) is 3.43. The minimum absolute atomic E-state index is 0.308. The molecule has 0 fully saturated rings. The quantitative estimate of drug-likeness (QED) is 0.633. The molecule has 0 bridgehead atoms. The van der Waals surface area contributed by atoms with E-state index in [4.69, 9.17) is 4.74 Å². The second-order valence-corrected chi connectivity index (χ2v) is 6.87. The van der Waals surface area contributed by atoms with E-state index in [0.717, 1.165) is 24.2 Å². The summed E-state index contributed by atoms with van der Waals surface area (Å²) in [4.78, 5) is 18.4. The Hall–Kier alpha value is -0.980. The fourth-order valence-electron chi connectivity index (χ4n) is 1.60. The highest BCUT2D eigenvalue weighted by Gasteiger charge is 2.12. The van der Waals surface area contributed by atoms with E-state index in [-0.39, 0.29) is 5.97 Å². The van der Waals surface area contributed by atoms with Gasteiger partial charge in [-0.3, -0.25) is 0 Å². The molecule has 86 valence electrons. The van der Waals surface area contributed by atoms with Gasteiger partial charge < -0.3 is 4.74 Å². The molecular formula is C11H6BrNO2S2. The van der Waals surface area contributed by atoms with E-state index in [0.29, 0.717) is 4.88 Å². The zero-order chi connectivity index (χ0) is 12.0. The lowest BCUT2D eigenvalue weighted by molar-refractivity contribution is 0.0606. The van der Waals surface area contributed by atoms with Gasteiger partial charge in [-0.15, -0.1) is 22.7 Å². The summed E-state index contributed by atoms with van der Waals surface area (Å²) in [5.41, 5.74) is 0. The molecule has 0 saturated heterocycles. The molecular weight excluding hydrogens is 322 g/mol. The number of ether oxygens (including phenoxy) is 1. The van der Waals surface area contributed by atoms with E-state index >= 15 is 0 Å². The summed E-state index contributed by atoms with van der Waals surface area (Å²) in [7, 11) is 1.38. The smallest absolute Gasteiger partial charge is 0.348 e. The molecule has 3 nitrogen and oxygen atoms in total. The zero-order valence-corrected chi connectivity index (χ0v) is 11.9. The Morgan fingerprint density at radius 2 is 1.94 bits per heavy atom. The van der Waals surface area contributed by atoms with Gasteiger partial charge in [-0.2, -0.15) is 0 Å². The fraction of sp³-hybridized carbons (Fsp3) is 0.0909. The average Bonchev–Trinajstić information content (AvgIpc) is 2.85. The van der Waals surface area contributed by atoms with Gasteiger partial charge in [0.1, 0.15) is 14.5 Å². The molecule has 3 aromatic rings. The van der Waals surface area contributed by atoms with Crippen molar-refractivity contribution >= 4 is 65.0 Å². The number of nitrogens with zero attached hydrogens (tertiary/aromatic N) is 1. The first-order valence-electron chi connectivity index (χ1n) is 4.75. The first-order chi connectivity index (χ1) is 8.17. The molecule has 0 unspecified atom stereocenters. The van der Waals surface area contributed by atoms with Crippen LogP contribution in [0.4, 0.5) is 0 Å². The van der Waals surface area contributed by atoms with Gasteiger partial charge in [0.05, 0.1) is 10.9 Å². The van der Waals surface area contributed by atoms with E-state index in [1.54, 1.807) is 11.3 Å². The lowest BCUT2D eigenvalue weighted by atomic mass is 10.2. The molecule has 0 N–H and O–H groups in total. The molecule has 3 heterocycles. The molecule has 0 spiro atoms. The first kappa shape index (κ1) is 11.1. The summed E-state index contributed by atoms with van der Waals surface area (Å²) < 4.78 is 5.76. The normalized spacial score (nSPS) is 11.2. The number of hydrogen-bond acceptors (Lipinski definition) is 5. The van der Waals surface area contributed by atoms with Crippen molar-refractivity contribution in [3.8, 4) is 0 Å². The van der Waals surface area contributed by atoms with Crippen LogP contribution in [0.25, 0.3) is 20.4 Å². The van der Waals surface area contributed by atoms with Crippen LogP contribution in [0.2, 0.25) is 0 Å². The molecule has 0 radical (unpaired) electrons. The molecule has 0 aliphatic heterocycles. The number of thiophene rings is 2. The summed E-state index contributed by atoms with van der Waals surface area (Å²) in [5.74, 6) is -0.308. The number of methoxy groups -OCH3 is 1. The minimum atomic E-state index is -0.308. The van der Waals surface area contributed by atoms with Gasteiger partial charge in [0.2, 0.25) is 0 Å². The van der Waals surface area contributed by atoms with Crippen LogP contribution in [0.5, 0.6) is 0 Å². The molecule has 0 aromatic carbocycles. The molecule has 6 heteroatoms. The maximum atomic E-state index is 11.4. The lowest BCUT2D eigenvalue weighted by Crippen LogP contribution is -1.96. The van der Waals surface area contributed by atoms with Crippen molar-refractivity contribution in [2.45, 2.75) is 0 Å². The van der Waals surface area contributed by atoms with Crippen LogP contribution in [0.1, 0.15) is 9.67 Å². The van der Waals surface area contributed by atoms with Gasteiger partial charge in [0.15, 0.2) is 0 Å². The maximum absolute atomic E-state index is 11.4.